The third kappa shape index (κ3) is 2.60. The van der Waals surface area contributed by atoms with Crippen LogP contribution in [0.25, 0.3) is 0 Å². The number of nitrogen functional groups attached to an aromatic ring is 1. The molecular formula is C13H8BrFN2O. The second-order valence-electron chi connectivity index (χ2n) is 3.55. The van der Waals surface area contributed by atoms with Gasteiger partial charge < -0.3 is 10.5 Å². The molecule has 0 saturated heterocycles. The third-order valence-corrected chi connectivity index (χ3v) is 2.86. The summed E-state index contributed by atoms with van der Waals surface area (Å²) in [5.74, 6) is -0.0787. The van der Waals surface area contributed by atoms with Gasteiger partial charge in [-0.2, -0.15) is 5.26 Å². The first-order chi connectivity index (χ1) is 8.60. The first-order valence-electron chi connectivity index (χ1n) is 5.02. The Morgan fingerprint density at radius 3 is 2.50 bits per heavy atom. The molecule has 0 aliphatic heterocycles. The molecule has 0 atom stereocenters. The van der Waals surface area contributed by atoms with Crippen LogP contribution in [0.3, 0.4) is 0 Å². The summed E-state index contributed by atoms with van der Waals surface area (Å²) in [6.07, 6.45) is 0. The Hall–Kier alpha value is -2.06. The fourth-order valence-electron chi connectivity index (χ4n) is 1.37. The molecule has 90 valence electrons. The zero-order valence-corrected chi connectivity index (χ0v) is 10.7. The quantitative estimate of drug-likeness (QED) is 0.858. The number of anilines is 1. The molecule has 0 aliphatic carbocycles. The van der Waals surface area contributed by atoms with Gasteiger partial charge in [0.15, 0.2) is 11.6 Å². The number of nitrogens with two attached hydrogens (primary N) is 1. The van der Waals surface area contributed by atoms with Crippen molar-refractivity contribution in [1.29, 1.82) is 5.26 Å². The minimum atomic E-state index is -0.585. The first-order valence-corrected chi connectivity index (χ1v) is 5.82. The van der Waals surface area contributed by atoms with Gasteiger partial charge >= 0.3 is 0 Å². The van der Waals surface area contributed by atoms with Crippen LogP contribution in [0.5, 0.6) is 11.5 Å². The molecule has 2 aromatic carbocycles. The van der Waals surface area contributed by atoms with E-state index >= 15 is 0 Å². The second kappa shape index (κ2) is 5.07. The largest absolute Gasteiger partial charge is 0.453 e. The van der Waals surface area contributed by atoms with Crippen LogP contribution in [0.4, 0.5) is 10.1 Å². The fourth-order valence-corrected chi connectivity index (χ4v) is 1.85. The molecule has 0 bridgehead atoms. The van der Waals surface area contributed by atoms with Gasteiger partial charge in [-0.15, -0.1) is 0 Å². The zero-order valence-electron chi connectivity index (χ0n) is 9.15. The monoisotopic (exact) mass is 306 g/mol. The minimum absolute atomic E-state index is 0.0551. The highest BCUT2D eigenvalue weighted by Gasteiger charge is 2.08. The lowest BCUT2D eigenvalue weighted by Crippen LogP contribution is -1.91. The van der Waals surface area contributed by atoms with Crippen molar-refractivity contribution < 1.29 is 9.13 Å². The molecule has 0 saturated carbocycles. The van der Waals surface area contributed by atoms with Gasteiger partial charge in [0.25, 0.3) is 0 Å². The van der Waals surface area contributed by atoms with Crippen LogP contribution in [0.2, 0.25) is 0 Å². The van der Waals surface area contributed by atoms with Crippen molar-refractivity contribution in [3.8, 4) is 17.6 Å². The van der Waals surface area contributed by atoms with Crippen molar-refractivity contribution in [3.05, 3.63) is 52.3 Å². The van der Waals surface area contributed by atoms with E-state index < -0.39 is 5.82 Å². The van der Waals surface area contributed by atoms with Crippen molar-refractivity contribution in [2.24, 2.45) is 0 Å². The molecule has 2 N–H and O–H groups in total. The summed E-state index contributed by atoms with van der Waals surface area (Å²) in [5.41, 5.74) is 6.42. The number of ether oxygens (including phenoxy) is 1. The summed E-state index contributed by atoms with van der Waals surface area (Å²) >= 11 is 3.28. The molecule has 18 heavy (non-hydrogen) atoms. The topological polar surface area (TPSA) is 59.0 Å². The SMILES string of the molecule is N#Cc1ccc(Oc2ccc(N)cc2Br)c(F)c1. The van der Waals surface area contributed by atoms with Crippen LogP contribution >= 0.6 is 15.9 Å². The predicted octanol–water partition coefficient (Wildman–Crippen LogP) is 3.83. The maximum absolute atomic E-state index is 13.6. The minimum Gasteiger partial charge on any atom is -0.453 e. The van der Waals surface area contributed by atoms with Gasteiger partial charge in [-0.05, 0) is 52.3 Å². The summed E-state index contributed by atoms with van der Waals surface area (Å²) in [6, 6.07) is 10.8. The van der Waals surface area contributed by atoms with Gasteiger partial charge in [0.05, 0.1) is 16.1 Å². The molecule has 0 aliphatic rings. The van der Waals surface area contributed by atoms with Crippen molar-refractivity contribution in [2.75, 3.05) is 5.73 Å². The number of benzene rings is 2. The lowest BCUT2D eigenvalue weighted by molar-refractivity contribution is 0.440. The van der Waals surface area contributed by atoms with Crippen LogP contribution in [0.1, 0.15) is 5.56 Å². The van der Waals surface area contributed by atoms with Crippen LogP contribution in [0, 0.1) is 17.1 Å². The molecule has 0 unspecified atom stereocenters. The van der Waals surface area contributed by atoms with E-state index in [0.717, 1.165) is 6.07 Å². The van der Waals surface area contributed by atoms with E-state index in [2.05, 4.69) is 15.9 Å². The molecule has 0 spiro atoms. The van der Waals surface area contributed by atoms with Crippen LogP contribution < -0.4 is 10.5 Å². The first kappa shape index (κ1) is 12.4. The Labute approximate surface area is 112 Å². The van der Waals surface area contributed by atoms with Crippen molar-refractivity contribution in [3.63, 3.8) is 0 Å². The van der Waals surface area contributed by atoms with E-state index in [0.29, 0.717) is 15.9 Å². The Kier molecular flexibility index (Phi) is 3.49. The maximum Gasteiger partial charge on any atom is 0.167 e. The maximum atomic E-state index is 13.6. The third-order valence-electron chi connectivity index (χ3n) is 2.24. The number of nitrogens with zero attached hydrogens (tertiary/aromatic N) is 1. The molecule has 0 aromatic heterocycles. The summed E-state index contributed by atoms with van der Waals surface area (Å²) in [6.45, 7) is 0. The molecular weight excluding hydrogens is 299 g/mol. The Morgan fingerprint density at radius 1 is 1.17 bits per heavy atom. The fraction of sp³-hybridized carbons (Fsp3) is 0. The number of hydrogen-bond donors (Lipinski definition) is 1. The van der Waals surface area contributed by atoms with Crippen molar-refractivity contribution in [2.45, 2.75) is 0 Å². The Balaban J connectivity index is 2.32. The lowest BCUT2D eigenvalue weighted by Gasteiger charge is -2.09. The summed E-state index contributed by atoms with van der Waals surface area (Å²) < 4.78 is 19.7. The summed E-state index contributed by atoms with van der Waals surface area (Å²) in [7, 11) is 0. The normalized spacial score (nSPS) is 9.83. The molecule has 0 heterocycles. The van der Waals surface area contributed by atoms with E-state index in [1.807, 2.05) is 6.07 Å². The highest BCUT2D eigenvalue weighted by atomic mass is 79.9. The number of hydrogen-bond acceptors (Lipinski definition) is 3. The van der Waals surface area contributed by atoms with Crippen LogP contribution in [-0.4, -0.2) is 0 Å². The molecule has 2 aromatic rings. The molecule has 3 nitrogen and oxygen atoms in total. The highest BCUT2D eigenvalue weighted by Crippen LogP contribution is 2.32. The van der Waals surface area contributed by atoms with E-state index in [4.69, 9.17) is 15.7 Å². The zero-order chi connectivity index (χ0) is 13.1. The summed E-state index contributed by atoms with van der Waals surface area (Å²) in [4.78, 5) is 0. The number of nitriles is 1. The molecule has 2 rings (SSSR count). The lowest BCUT2D eigenvalue weighted by atomic mass is 10.2. The van der Waals surface area contributed by atoms with Crippen LogP contribution in [0.15, 0.2) is 40.9 Å². The standard InChI is InChI=1S/C13H8BrFN2O/c14-10-6-9(17)2-4-12(10)18-13-3-1-8(7-16)5-11(13)15/h1-6H,17H2. The van der Waals surface area contributed by atoms with Gasteiger partial charge in [-0.3, -0.25) is 0 Å². The van der Waals surface area contributed by atoms with E-state index in [1.54, 1.807) is 18.2 Å². The van der Waals surface area contributed by atoms with Gasteiger partial charge in [0, 0.05) is 5.69 Å². The smallest absolute Gasteiger partial charge is 0.167 e. The average molecular weight is 307 g/mol. The predicted molar refractivity (Wildman–Crippen MR) is 69.7 cm³/mol. The Bertz CT molecular complexity index is 637. The van der Waals surface area contributed by atoms with E-state index in [9.17, 15) is 4.39 Å². The van der Waals surface area contributed by atoms with Crippen molar-refractivity contribution in [1.82, 2.24) is 0 Å². The van der Waals surface area contributed by atoms with Gasteiger partial charge in [-0.25, -0.2) is 4.39 Å². The number of rotatable bonds is 2. The van der Waals surface area contributed by atoms with Gasteiger partial charge in [0.2, 0.25) is 0 Å². The molecule has 0 fully saturated rings. The number of halogens is 2. The van der Waals surface area contributed by atoms with Crippen LogP contribution in [-0.2, 0) is 0 Å². The molecule has 0 radical (unpaired) electrons. The van der Waals surface area contributed by atoms with Gasteiger partial charge in [-0.1, -0.05) is 0 Å². The van der Waals surface area contributed by atoms with Crippen molar-refractivity contribution >= 4 is 21.6 Å². The Morgan fingerprint density at radius 2 is 1.89 bits per heavy atom. The summed E-state index contributed by atoms with van der Waals surface area (Å²) in [5, 5.41) is 8.64. The molecule has 0 amide bonds. The van der Waals surface area contributed by atoms with E-state index in [1.165, 1.54) is 12.1 Å². The van der Waals surface area contributed by atoms with Gasteiger partial charge in [0.1, 0.15) is 5.75 Å². The second-order valence-corrected chi connectivity index (χ2v) is 4.40. The molecule has 5 heteroatoms. The van der Waals surface area contributed by atoms with E-state index in [-0.39, 0.29) is 11.3 Å². The highest BCUT2D eigenvalue weighted by molar-refractivity contribution is 9.10. The average Bonchev–Trinajstić information content (AvgIpc) is 2.34.